The molecular weight excluding hydrogens is 348 g/mol. The van der Waals surface area contributed by atoms with Crippen LogP contribution in [-0.4, -0.2) is 30.2 Å². The molecule has 0 unspecified atom stereocenters. The highest BCUT2D eigenvalue weighted by atomic mass is 79.9. The Balaban J connectivity index is 1.69. The van der Waals surface area contributed by atoms with Gasteiger partial charge in [-0.05, 0) is 24.3 Å². The molecule has 0 spiro atoms. The lowest BCUT2D eigenvalue weighted by Crippen LogP contribution is -2.17. The zero-order valence-corrected chi connectivity index (χ0v) is 13.4. The van der Waals surface area contributed by atoms with Gasteiger partial charge in [0.25, 0.3) is 5.91 Å². The second-order valence-electron chi connectivity index (χ2n) is 4.95. The Bertz CT molecular complexity index is 672. The molecule has 0 saturated carbocycles. The van der Waals surface area contributed by atoms with Crippen molar-refractivity contribution < 1.29 is 14.3 Å². The Morgan fingerprint density at radius 3 is 3.05 bits per heavy atom. The minimum atomic E-state index is -0.201. The molecule has 114 valence electrons. The van der Waals surface area contributed by atoms with E-state index in [9.17, 15) is 4.79 Å². The van der Waals surface area contributed by atoms with Crippen LogP contribution in [0.5, 0.6) is 5.88 Å². The Labute approximate surface area is 136 Å². The average molecular weight is 363 g/mol. The van der Waals surface area contributed by atoms with Crippen molar-refractivity contribution in [3.63, 3.8) is 0 Å². The molecule has 0 aliphatic carbocycles. The summed E-state index contributed by atoms with van der Waals surface area (Å²) in [6, 6.07) is 10.7. The van der Waals surface area contributed by atoms with Crippen LogP contribution in [0, 0.1) is 0 Å². The number of carbonyl (C=O) groups is 1. The van der Waals surface area contributed by atoms with Crippen molar-refractivity contribution in [2.45, 2.75) is 12.5 Å². The Morgan fingerprint density at radius 2 is 2.27 bits per heavy atom. The van der Waals surface area contributed by atoms with E-state index in [0.717, 1.165) is 16.6 Å². The van der Waals surface area contributed by atoms with Crippen LogP contribution < -0.4 is 10.1 Å². The predicted octanol–water partition coefficient (Wildman–Crippen LogP) is 3.26. The number of ether oxygens (including phenoxy) is 2. The van der Waals surface area contributed by atoms with Crippen LogP contribution >= 0.6 is 15.9 Å². The second-order valence-corrected chi connectivity index (χ2v) is 5.87. The molecule has 5 nitrogen and oxygen atoms in total. The Morgan fingerprint density at radius 1 is 1.36 bits per heavy atom. The first-order chi connectivity index (χ1) is 10.7. The van der Waals surface area contributed by atoms with Gasteiger partial charge in [0.15, 0.2) is 0 Å². The lowest BCUT2D eigenvalue weighted by atomic mass is 10.2. The molecule has 1 fully saturated rings. The summed E-state index contributed by atoms with van der Waals surface area (Å²) in [4.78, 5) is 16.4. The second kappa shape index (κ2) is 6.89. The normalized spacial score (nSPS) is 17.2. The zero-order chi connectivity index (χ0) is 15.4. The third kappa shape index (κ3) is 3.84. The third-order valence-corrected chi connectivity index (χ3v) is 3.75. The van der Waals surface area contributed by atoms with Gasteiger partial charge in [0, 0.05) is 34.4 Å². The largest absolute Gasteiger partial charge is 0.472 e. The summed E-state index contributed by atoms with van der Waals surface area (Å²) in [7, 11) is 0. The molecule has 3 rings (SSSR count). The molecule has 0 bridgehead atoms. The van der Waals surface area contributed by atoms with E-state index >= 15 is 0 Å². The van der Waals surface area contributed by atoms with Crippen molar-refractivity contribution in [1.29, 1.82) is 0 Å². The maximum Gasteiger partial charge on any atom is 0.255 e. The zero-order valence-electron chi connectivity index (χ0n) is 11.8. The molecule has 22 heavy (non-hydrogen) atoms. The number of nitrogens with zero attached hydrogens (tertiary/aromatic N) is 1. The molecule has 2 aromatic rings. The number of anilines is 1. The fourth-order valence-corrected chi connectivity index (χ4v) is 2.56. The average Bonchev–Trinajstić information content (AvgIpc) is 3.00. The van der Waals surface area contributed by atoms with Crippen molar-refractivity contribution in [3.8, 4) is 5.88 Å². The highest BCUT2D eigenvalue weighted by Gasteiger charge is 2.18. The molecule has 1 aliphatic rings. The summed E-state index contributed by atoms with van der Waals surface area (Å²) in [5.41, 5.74) is 1.23. The summed E-state index contributed by atoms with van der Waals surface area (Å²) < 4.78 is 11.9. The fraction of sp³-hybridized carbons (Fsp3) is 0.250. The van der Waals surface area contributed by atoms with E-state index in [-0.39, 0.29) is 12.0 Å². The van der Waals surface area contributed by atoms with Crippen molar-refractivity contribution in [1.82, 2.24) is 4.98 Å². The maximum absolute atomic E-state index is 12.3. The smallest absolute Gasteiger partial charge is 0.255 e. The molecule has 1 N–H and O–H groups in total. The van der Waals surface area contributed by atoms with Crippen LogP contribution in [0.15, 0.2) is 47.1 Å². The van der Waals surface area contributed by atoms with Crippen molar-refractivity contribution in [2.24, 2.45) is 0 Å². The van der Waals surface area contributed by atoms with Gasteiger partial charge in [0.05, 0.1) is 13.2 Å². The van der Waals surface area contributed by atoms with E-state index in [0.29, 0.717) is 24.7 Å². The van der Waals surface area contributed by atoms with Crippen LogP contribution in [0.3, 0.4) is 0 Å². The molecule has 1 aromatic heterocycles. The van der Waals surface area contributed by atoms with Crippen molar-refractivity contribution in [2.75, 3.05) is 18.5 Å². The van der Waals surface area contributed by atoms with Crippen LogP contribution in [0.1, 0.15) is 16.8 Å². The molecule has 1 saturated heterocycles. The van der Waals surface area contributed by atoms with Gasteiger partial charge in [-0.2, -0.15) is 0 Å². The summed E-state index contributed by atoms with van der Waals surface area (Å²) in [6.07, 6.45) is 2.42. The van der Waals surface area contributed by atoms with Crippen molar-refractivity contribution >= 4 is 27.5 Å². The first kappa shape index (κ1) is 15.0. The number of hydrogen-bond acceptors (Lipinski definition) is 4. The standard InChI is InChI=1S/C16H15BrN2O3/c17-12-2-1-3-13(9-12)19-16(20)11-4-6-18-15(8-11)22-14-5-7-21-10-14/h1-4,6,8-9,14H,5,7,10H2,(H,19,20)/t14-/m1/s1. The Kier molecular flexibility index (Phi) is 4.70. The van der Waals surface area contributed by atoms with E-state index in [4.69, 9.17) is 9.47 Å². The summed E-state index contributed by atoms with van der Waals surface area (Å²) in [5, 5.41) is 2.84. The fourth-order valence-electron chi connectivity index (χ4n) is 2.16. The number of pyridine rings is 1. The van der Waals surface area contributed by atoms with Crippen molar-refractivity contribution in [3.05, 3.63) is 52.6 Å². The van der Waals surface area contributed by atoms with Crippen LogP contribution in [-0.2, 0) is 4.74 Å². The van der Waals surface area contributed by atoms with E-state index in [2.05, 4.69) is 26.2 Å². The number of carbonyl (C=O) groups excluding carboxylic acids is 1. The van der Waals surface area contributed by atoms with Gasteiger partial charge in [0.1, 0.15) is 6.10 Å². The first-order valence-corrected chi connectivity index (χ1v) is 7.77. The minimum absolute atomic E-state index is 0.0101. The van der Waals surface area contributed by atoms with E-state index < -0.39 is 0 Å². The number of hydrogen-bond donors (Lipinski definition) is 1. The maximum atomic E-state index is 12.3. The highest BCUT2D eigenvalue weighted by molar-refractivity contribution is 9.10. The molecule has 1 atom stereocenters. The minimum Gasteiger partial charge on any atom is -0.472 e. The summed E-state index contributed by atoms with van der Waals surface area (Å²) in [5.74, 6) is 0.241. The van der Waals surface area contributed by atoms with E-state index in [1.165, 1.54) is 0 Å². The molecule has 1 aliphatic heterocycles. The van der Waals surface area contributed by atoms with Gasteiger partial charge in [-0.15, -0.1) is 0 Å². The number of amides is 1. The molecular formula is C16H15BrN2O3. The van der Waals surface area contributed by atoms with E-state index in [1.54, 1.807) is 18.3 Å². The molecule has 0 radical (unpaired) electrons. The molecule has 1 amide bonds. The molecule has 1 aromatic carbocycles. The highest BCUT2D eigenvalue weighted by Crippen LogP contribution is 2.19. The lowest BCUT2D eigenvalue weighted by Gasteiger charge is -2.11. The van der Waals surface area contributed by atoms with Gasteiger partial charge < -0.3 is 14.8 Å². The summed E-state index contributed by atoms with van der Waals surface area (Å²) in [6.45, 7) is 1.27. The quantitative estimate of drug-likeness (QED) is 0.906. The number of benzene rings is 1. The topological polar surface area (TPSA) is 60.5 Å². The Hall–Kier alpha value is -1.92. The number of halogens is 1. The predicted molar refractivity (Wildman–Crippen MR) is 86.2 cm³/mol. The van der Waals surface area contributed by atoms with Gasteiger partial charge >= 0.3 is 0 Å². The van der Waals surface area contributed by atoms with Crippen LogP contribution in [0.2, 0.25) is 0 Å². The SMILES string of the molecule is O=C(Nc1cccc(Br)c1)c1ccnc(O[C@@H]2CCOC2)c1. The van der Waals surface area contributed by atoms with Crippen LogP contribution in [0.4, 0.5) is 5.69 Å². The monoisotopic (exact) mass is 362 g/mol. The van der Waals surface area contributed by atoms with Gasteiger partial charge in [0.2, 0.25) is 5.88 Å². The number of aromatic nitrogens is 1. The van der Waals surface area contributed by atoms with Crippen LogP contribution in [0.25, 0.3) is 0 Å². The van der Waals surface area contributed by atoms with Gasteiger partial charge in [-0.3, -0.25) is 4.79 Å². The van der Waals surface area contributed by atoms with E-state index in [1.807, 2.05) is 24.3 Å². The molecule has 6 heteroatoms. The van der Waals surface area contributed by atoms with Gasteiger partial charge in [-0.1, -0.05) is 22.0 Å². The first-order valence-electron chi connectivity index (χ1n) is 6.98. The molecule has 2 heterocycles. The number of nitrogens with one attached hydrogen (secondary N) is 1. The third-order valence-electron chi connectivity index (χ3n) is 3.25. The summed E-state index contributed by atoms with van der Waals surface area (Å²) >= 11 is 3.38. The number of rotatable bonds is 4. The lowest BCUT2D eigenvalue weighted by molar-refractivity contribution is 0.102. The van der Waals surface area contributed by atoms with Gasteiger partial charge in [-0.25, -0.2) is 4.98 Å².